The van der Waals surface area contributed by atoms with Crippen molar-refractivity contribution in [1.82, 2.24) is 10.6 Å². The molecule has 3 N–H and O–H groups in total. The van der Waals surface area contributed by atoms with Gasteiger partial charge in [-0.15, -0.1) is 0 Å². The maximum absolute atomic E-state index is 11.4. The molecule has 0 heterocycles. The van der Waals surface area contributed by atoms with Crippen molar-refractivity contribution < 1.29 is 9.90 Å². The van der Waals surface area contributed by atoms with Crippen LogP contribution in [0.2, 0.25) is 0 Å². The topological polar surface area (TPSA) is 61.4 Å². The van der Waals surface area contributed by atoms with Crippen LogP contribution in [-0.2, 0) is 4.79 Å². The number of hydrogen-bond acceptors (Lipinski definition) is 3. The molecule has 0 aromatic carbocycles. The molecule has 0 aromatic heterocycles. The van der Waals surface area contributed by atoms with E-state index >= 15 is 0 Å². The number of aliphatic hydroxyl groups excluding tert-OH is 1. The molecule has 1 saturated carbocycles. The largest absolute Gasteiger partial charge is 0.394 e. The Balaban J connectivity index is 2.43. The van der Waals surface area contributed by atoms with Gasteiger partial charge in [0.25, 0.3) is 0 Å². The molecule has 1 aliphatic carbocycles. The summed E-state index contributed by atoms with van der Waals surface area (Å²) in [6.07, 6.45) is 4.28. The van der Waals surface area contributed by atoms with E-state index in [4.69, 9.17) is 0 Å². The maximum atomic E-state index is 11.4. The summed E-state index contributed by atoms with van der Waals surface area (Å²) in [7, 11) is 0. The summed E-state index contributed by atoms with van der Waals surface area (Å²) in [6.45, 7) is 5.20. The van der Waals surface area contributed by atoms with Crippen LogP contribution in [0, 0.1) is 5.92 Å². The van der Waals surface area contributed by atoms with E-state index in [0.29, 0.717) is 19.0 Å². The normalized spacial score (nSPS) is 30.1. The fourth-order valence-electron chi connectivity index (χ4n) is 2.55. The lowest BCUT2D eigenvalue weighted by atomic mass is 9.77. The van der Waals surface area contributed by atoms with Gasteiger partial charge in [0.05, 0.1) is 13.2 Å². The molecule has 4 heteroatoms. The van der Waals surface area contributed by atoms with Crippen LogP contribution in [0.15, 0.2) is 0 Å². The Kier molecular flexibility index (Phi) is 5.22. The molecule has 1 rings (SSSR count). The van der Waals surface area contributed by atoms with Crippen LogP contribution < -0.4 is 10.6 Å². The highest BCUT2D eigenvalue weighted by Crippen LogP contribution is 2.31. The molecular formula is C12H24N2O2. The highest BCUT2D eigenvalue weighted by molar-refractivity contribution is 5.78. The van der Waals surface area contributed by atoms with E-state index in [1.54, 1.807) is 0 Å². The first-order valence-corrected chi connectivity index (χ1v) is 6.24. The summed E-state index contributed by atoms with van der Waals surface area (Å²) in [5.41, 5.74) is -0.233. The van der Waals surface area contributed by atoms with Gasteiger partial charge in [0.1, 0.15) is 0 Å². The monoisotopic (exact) mass is 228 g/mol. The number of rotatable bonds is 5. The summed E-state index contributed by atoms with van der Waals surface area (Å²) >= 11 is 0. The second-order valence-corrected chi connectivity index (χ2v) is 4.95. The van der Waals surface area contributed by atoms with Gasteiger partial charge < -0.3 is 15.7 Å². The maximum Gasteiger partial charge on any atom is 0.233 e. The molecule has 4 nitrogen and oxygen atoms in total. The first-order valence-electron chi connectivity index (χ1n) is 6.24. The van der Waals surface area contributed by atoms with Gasteiger partial charge in [0, 0.05) is 12.1 Å². The van der Waals surface area contributed by atoms with Crippen LogP contribution in [-0.4, -0.2) is 36.2 Å². The minimum atomic E-state index is -0.233. The molecule has 0 saturated heterocycles. The van der Waals surface area contributed by atoms with Crippen molar-refractivity contribution in [3.63, 3.8) is 0 Å². The third kappa shape index (κ3) is 3.76. The van der Waals surface area contributed by atoms with E-state index in [1.807, 2.05) is 6.92 Å². The molecule has 0 aliphatic heterocycles. The van der Waals surface area contributed by atoms with E-state index < -0.39 is 0 Å². The van der Waals surface area contributed by atoms with Gasteiger partial charge >= 0.3 is 0 Å². The number of aliphatic hydroxyl groups is 1. The molecule has 2 atom stereocenters. The van der Waals surface area contributed by atoms with E-state index in [-0.39, 0.29) is 18.1 Å². The predicted octanol–water partition coefficient (Wildman–Crippen LogP) is 0.653. The summed E-state index contributed by atoms with van der Waals surface area (Å²) in [5.74, 6) is 0.635. The van der Waals surface area contributed by atoms with Crippen molar-refractivity contribution in [2.75, 3.05) is 19.7 Å². The fourth-order valence-corrected chi connectivity index (χ4v) is 2.55. The zero-order valence-corrected chi connectivity index (χ0v) is 10.4. The SMILES string of the molecule is CCNC(=O)CNC1(CO)CCCC(C)C1. The highest BCUT2D eigenvalue weighted by Gasteiger charge is 2.34. The van der Waals surface area contributed by atoms with Crippen molar-refractivity contribution in [2.24, 2.45) is 5.92 Å². The van der Waals surface area contributed by atoms with E-state index in [9.17, 15) is 9.90 Å². The second-order valence-electron chi connectivity index (χ2n) is 4.95. The molecule has 0 aromatic rings. The molecule has 16 heavy (non-hydrogen) atoms. The van der Waals surface area contributed by atoms with Crippen molar-refractivity contribution in [1.29, 1.82) is 0 Å². The van der Waals surface area contributed by atoms with Gasteiger partial charge in [-0.1, -0.05) is 19.8 Å². The molecule has 1 aliphatic rings. The summed E-state index contributed by atoms with van der Waals surface area (Å²) in [5, 5.41) is 15.5. The van der Waals surface area contributed by atoms with E-state index in [1.165, 1.54) is 6.42 Å². The number of likely N-dealkylation sites (N-methyl/N-ethyl adjacent to an activating group) is 1. The summed E-state index contributed by atoms with van der Waals surface area (Å²) in [4.78, 5) is 11.4. The minimum Gasteiger partial charge on any atom is -0.394 e. The van der Waals surface area contributed by atoms with Crippen molar-refractivity contribution in [3.05, 3.63) is 0 Å². The molecule has 1 fully saturated rings. The van der Waals surface area contributed by atoms with Crippen LogP contribution in [0.1, 0.15) is 39.5 Å². The Morgan fingerprint density at radius 1 is 1.56 bits per heavy atom. The van der Waals surface area contributed by atoms with Gasteiger partial charge in [-0.05, 0) is 25.7 Å². The minimum absolute atomic E-state index is 0.00792. The molecule has 2 unspecified atom stereocenters. The molecule has 0 bridgehead atoms. The quantitative estimate of drug-likeness (QED) is 0.647. The highest BCUT2D eigenvalue weighted by atomic mass is 16.3. The van der Waals surface area contributed by atoms with Crippen LogP contribution in [0.4, 0.5) is 0 Å². The Morgan fingerprint density at radius 3 is 2.88 bits per heavy atom. The number of carbonyl (C=O) groups is 1. The van der Waals surface area contributed by atoms with Crippen molar-refractivity contribution in [2.45, 2.75) is 45.1 Å². The van der Waals surface area contributed by atoms with Gasteiger partial charge in [-0.2, -0.15) is 0 Å². The number of hydrogen-bond donors (Lipinski definition) is 3. The average molecular weight is 228 g/mol. The third-order valence-electron chi connectivity index (χ3n) is 3.39. The van der Waals surface area contributed by atoms with Gasteiger partial charge in [0.15, 0.2) is 0 Å². The van der Waals surface area contributed by atoms with Crippen LogP contribution in [0.3, 0.4) is 0 Å². The van der Waals surface area contributed by atoms with E-state index in [0.717, 1.165) is 19.3 Å². The average Bonchev–Trinajstić information content (AvgIpc) is 2.27. The predicted molar refractivity (Wildman–Crippen MR) is 64.1 cm³/mol. The van der Waals surface area contributed by atoms with E-state index in [2.05, 4.69) is 17.6 Å². The molecule has 0 radical (unpaired) electrons. The van der Waals surface area contributed by atoms with Crippen LogP contribution >= 0.6 is 0 Å². The van der Waals surface area contributed by atoms with Crippen LogP contribution in [0.25, 0.3) is 0 Å². The molecule has 94 valence electrons. The number of carbonyl (C=O) groups excluding carboxylic acids is 1. The summed E-state index contributed by atoms with van der Waals surface area (Å²) < 4.78 is 0. The molecule has 0 spiro atoms. The lowest BCUT2D eigenvalue weighted by molar-refractivity contribution is -0.120. The van der Waals surface area contributed by atoms with Crippen molar-refractivity contribution in [3.8, 4) is 0 Å². The van der Waals surface area contributed by atoms with Crippen LogP contribution in [0.5, 0.6) is 0 Å². The van der Waals surface area contributed by atoms with Crippen molar-refractivity contribution >= 4 is 5.91 Å². The summed E-state index contributed by atoms with van der Waals surface area (Å²) in [6, 6.07) is 0. The number of nitrogens with one attached hydrogen (secondary N) is 2. The lowest BCUT2D eigenvalue weighted by Crippen LogP contribution is -2.54. The lowest BCUT2D eigenvalue weighted by Gasteiger charge is -2.39. The standard InChI is InChI=1S/C12H24N2O2/c1-3-13-11(16)8-14-12(9-15)6-4-5-10(2)7-12/h10,14-15H,3-9H2,1-2H3,(H,13,16). The molecular weight excluding hydrogens is 204 g/mol. The zero-order valence-electron chi connectivity index (χ0n) is 10.4. The second kappa shape index (κ2) is 6.21. The van der Waals surface area contributed by atoms with Gasteiger partial charge in [-0.25, -0.2) is 0 Å². The third-order valence-corrected chi connectivity index (χ3v) is 3.39. The molecule has 1 amide bonds. The Labute approximate surface area is 97.8 Å². The first-order chi connectivity index (χ1) is 7.62. The first kappa shape index (κ1) is 13.5. The smallest absolute Gasteiger partial charge is 0.233 e. The Morgan fingerprint density at radius 2 is 2.31 bits per heavy atom. The number of amides is 1. The Hall–Kier alpha value is -0.610. The fraction of sp³-hybridized carbons (Fsp3) is 0.917. The zero-order chi connectivity index (χ0) is 12.0. The van der Waals surface area contributed by atoms with Gasteiger partial charge in [-0.3, -0.25) is 4.79 Å². The Bertz CT molecular complexity index is 233. The van der Waals surface area contributed by atoms with Gasteiger partial charge in [0.2, 0.25) is 5.91 Å².